The van der Waals surface area contributed by atoms with Crippen LogP contribution in [-0.4, -0.2) is 26.4 Å². The predicted molar refractivity (Wildman–Crippen MR) is 78.1 cm³/mol. The number of fused-ring (bicyclic) bond motifs is 2. The number of aromatic nitrogens is 3. The van der Waals surface area contributed by atoms with Crippen LogP contribution < -0.4 is 0 Å². The average molecular weight is 264 g/mol. The van der Waals surface area contributed by atoms with Crippen LogP contribution in [0.15, 0.2) is 43.0 Å². The fraction of sp³-hybridized carbons (Fsp3) is 0.250. The Kier molecular flexibility index (Phi) is 2.74. The van der Waals surface area contributed by atoms with Gasteiger partial charge in [-0.05, 0) is 11.6 Å². The molecule has 0 fully saturated rings. The van der Waals surface area contributed by atoms with Crippen molar-refractivity contribution in [3.63, 3.8) is 0 Å². The number of hydrogen-bond donors (Lipinski definition) is 1. The predicted octanol–water partition coefficient (Wildman–Crippen LogP) is 2.52. The lowest BCUT2D eigenvalue weighted by molar-refractivity contribution is 0.243. The molecule has 1 aliphatic rings. The second kappa shape index (κ2) is 4.72. The summed E-state index contributed by atoms with van der Waals surface area (Å²) in [6, 6.07) is 8.47. The van der Waals surface area contributed by atoms with Crippen LogP contribution in [-0.2, 0) is 19.5 Å². The number of H-pyrrole nitrogens is 1. The van der Waals surface area contributed by atoms with Gasteiger partial charge in [0, 0.05) is 60.6 Å². The second-order valence-corrected chi connectivity index (χ2v) is 5.31. The van der Waals surface area contributed by atoms with Crippen molar-refractivity contribution in [3.05, 3.63) is 59.8 Å². The zero-order chi connectivity index (χ0) is 13.4. The molecule has 1 N–H and O–H groups in total. The third-order valence-electron chi connectivity index (χ3n) is 4.01. The highest BCUT2D eigenvalue weighted by Gasteiger charge is 2.18. The van der Waals surface area contributed by atoms with Crippen molar-refractivity contribution in [2.75, 3.05) is 6.54 Å². The highest BCUT2D eigenvalue weighted by Crippen LogP contribution is 2.22. The number of para-hydroxylation sites is 1. The summed E-state index contributed by atoms with van der Waals surface area (Å²) in [5, 5.41) is 1.32. The van der Waals surface area contributed by atoms with Crippen LogP contribution in [0.1, 0.15) is 16.8 Å². The Hall–Kier alpha value is -2.20. The van der Waals surface area contributed by atoms with Crippen molar-refractivity contribution in [2.45, 2.75) is 19.5 Å². The largest absolute Gasteiger partial charge is 0.361 e. The normalized spacial score (nSPS) is 15.4. The van der Waals surface area contributed by atoms with Gasteiger partial charge in [0.15, 0.2) is 0 Å². The van der Waals surface area contributed by atoms with E-state index in [1.165, 1.54) is 27.7 Å². The van der Waals surface area contributed by atoms with Crippen LogP contribution in [0, 0.1) is 0 Å². The maximum Gasteiger partial charge on any atom is 0.115 e. The van der Waals surface area contributed by atoms with Crippen molar-refractivity contribution >= 4 is 10.9 Å². The van der Waals surface area contributed by atoms with E-state index in [-0.39, 0.29) is 0 Å². The summed E-state index contributed by atoms with van der Waals surface area (Å²) in [7, 11) is 0. The van der Waals surface area contributed by atoms with E-state index in [4.69, 9.17) is 0 Å². The summed E-state index contributed by atoms with van der Waals surface area (Å²) in [6.45, 7) is 2.97. The zero-order valence-electron chi connectivity index (χ0n) is 11.2. The lowest BCUT2D eigenvalue weighted by Gasteiger charge is -2.27. The number of nitrogens with one attached hydrogen (secondary N) is 1. The van der Waals surface area contributed by atoms with Crippen LogP contribution in [0.5, 0.6) is 0 Å². The Labute approximate surface area is 117 Å². The van der Waals surface area contributed by atoms with Crippen molar-refractivity contribution in [1.82, 2.24) is 19.9 Å². The molecule has 0 saturated heterocycles. The van der Waals surface area contributed by atoms with Crippen LogP contribution in [0.2, 0.25) is 0 Å². The molecular formula is C16H16N4. The fourth-order valence-electron chi connectivity index (χ4n) is 2.96. The molecule has 0 spiro atoms. The quantitative estimate of drug-likeness (QED) is 0.773. The molecule has 4 nitrogen and oxygen atoms in total. The summed E-state index contributed by atoms with van der Waals surface area (Å²) in [5.74, 6) is 0. The maximum atomic E-state index is 4.36. The standard InChI is InChI=1S/C16H16N4/c1-2-4-16-14(3-1)12(8-18-16)9-20-6-5-15-13(10-20)7-17-11-19-15/h1-4,7-8,11,18H,5-6,9-10H2. The number of aromatic amines is 1. The van der Waals surface area contributed by atoms with E-state index in [1.54, 1.807) is 6.33 Å². The van der Waals surface area contributed by atoms with Gasteiger partial charge in [0.05, 0.1) is 0 Å². The fourth-order valence-corrected chi connectivity index (χ4v) is 2.96. The molecule has 0 unspecified atom stereocenters. The molecule has 4 heteroatoms. The lowest BCUT2D eigenvalue weighted by atomic mass is 10.1. The van der Waals surface area contributed by atoms with Gasteiger partial charge in [0.1, 0.15) is 6.33 Å². The first kappa shape index (κ1) is 11.6. The second-order valence-electron chi connectivity index (χ2n) is 5.31. The van der Waals surface area contributed by atoms with E-state index < -0.39 is 0 Å². The molecule has 0 radical (unpaired) electrons. The van der Waals surface area contributed by atoms with Gasteiger partial charge in [-0.1, -0.05) is 18.2 Å². The highest BCUT2D eigenvalue weighted by atomic mass is 15.1. The van der Waals surface area contributed by atoms with Crippen LogP contribution in [0.3, 0.4) is 0 Å². The zero-order valence-corrected chi connectivity index (χ0v) is 11.2. The minimum Gasteiger partial charge on any atom is -0.361 e. The van der Waals surface area contributed by atoms with Crippen molar-refractivity contribution in [3.8, 4) is 0 Å². The van der Waals surface area contributed by atoms with E-state index in [2.05, 4.69) is 50.3 Å². The first-order chi connectivity index (χ1) is 9.90. The molecule has 3 aromatic rings. The van der Waals surface area contributed by atoms with Crippen LogP contribution in [0.25, 0.3) is 10.9 Å². The van der Waals surface area contributed by atoms with Gasteiger partial charge in [-0.2, -0.15) is 0 Å². The molecule has 0 aliphatic carbocycles. The van der Waals surface area contributed by atoms with Gasteiger partial charge < -0.3 is 4.98 Å². The molecular weight excluding hydrogens is 248 g/mol. The van der Waals surface area contributed by atoms with Gasteiger partial charge in [-0.25, -0.2) is 9.97 Å². The SMILES string of the molecule is c1ccc2c(CN3CCc4ncncc4C3)c[nH]c2c1. The van der Waals surface area contributed by atoms with Gasteiger partial charge in [-0.15, -0.1) is 0 Å². The van der Waals surface area contributed by atoms with Gasteiger partial charge >= 0.3 is 0 Å². The number of benzene rings is 1. The molecule has 100 valence electrons. The summed E-state index contributed by atoms with van der Waals surface area (Å²) >= 11 is 0. The third-order valence-corrected chi connectivity index (χ3v) is 4.01. The topological polar surface area (TPSA) is 44.8 Å². The molecule has 4 rings (SSSR count). The van der Waals surface area contributed by atoms with E-state index >= 15 is 0 Å². The van der Waals surface area contributed by atoms with Crippen LogP contribution in [0.4, 0.5) is 0 Å². The summed E-state index contributed by atoms with van der Waals surface area (Å²) < 4.78 is 0. The number of nitrogens with zero attached hydrogens (tertiary/aromatic N) is 3. The van der Waals surface area contributed by atoms with Crippen molar-refractivity contribution in [2.24, 2.45) is 0 Å². The molecule has 20 heavy (non-hydrogen) atoms. The summed E-state index contributed by atoms with van der Waals surface area (Å²) in [6.07, 6.45) is 6.74. The Bertz CT molecular complexity index is 747. The Morgan fingerprint density at radius 2 is 2.20 bits per heavy atom. The lowest BCUT2D eigenvalue weighted by Crippen LogP contribution is -2.30. The molecule has 0 bridgehead atoms. The van der Waals surface area contributed by atoms with E-state index in [1.807, 2.05) is 6.20 Å². The summed E-state index contributed by atoms with van der Waals surface area (Å²) in [5.41, 5.74) is 5.04. The highest BCUT2D eigenvalue weighted by molar-refractivity contribution is 5.82. The summed E-state index contributed by atoms with van der Waals surface area (Å²) in [4.78, 5) is 14.3. The monoisotopic (exact) mass is 264 g/mol. The van der Waals surface area contributed by atoms with Gasteiger partial charge in [0.25, 0.3) is 0 Å². The van der Waals surface area contributed by atoms with E-state index in [0.29, 0.717) is 0 Å². The minimum atomic E-state index is 0.940. The van der Waals surface area contributed by atoms with Crippen molar-refractivity contribution < 1.29 is 0 Å². The molecule has 0 saturated carbocycles. The average Bonchev–Trinajstić information content (AvgIpc) is 2.91. The molecule has 2 aromatic heterocycles. The third kappa shape index (κ3) is 1.98. The van der Waals surface area contributed by atoms with Crippen molar-refractivity contribution in [1.29, 1.82) is 0 Å². The molecule has 0 amide bonds. The maximum absolute atomic E-state index is 4.36. The smallest absolute Gasteiger partial charge is 0.115 e. The van der Waals surface area contributed by atoms with Gasteiger partial charge in [0.2, 0.25) is 0 Å². The van der Waals surface area contributed by atoms with E-state index in [0.717, 1.165) is 26.1 Å². The number of rotatable bonds is 2. The number of hydrogen-bond acceptors (Lipinski definition) is 3. The Balaban J connectivity index is 1.59. The minimum absolute atomic E-state index is 0.940. The molecule has 3 heterocycles. The van der Waals surface area contributed by atoms with E-state index in [9.17, 15) is 0 Å². The van der Waals surface area contributed by atoms with Gasteiger partial charge in [-0.3, -0.25) is 4.90 Å². The van der Waals surface area contributed by atoms with Crippen LogP contribution >= 0.6 is 0 Å². The molecule has 1 aliphatic heterocycles. The first-order valence-electron chi connectivity index (χ1n) is 6.95. The Morgan fingerprint density at radius 3 is 3.20 bits per heavy atom. The molecule has 0 atom stereocenters. The first-order valence-corrected chi connectivity index (χ1v) is 6.95. The molecule has 1 aromatic carbocycles. The Morgan fingerprint density at radius 1 is 1.25 bits per heavy atom.